The van der Waals surface area contributed by atoms with Gasteiger partial charge in [-0.15, -0.1) is 0 Å². The first-order chi connectivity index (χ1) is 4.92. The number of hydrogen-bond donors (Lipinski definition) is 0. The van der Waals surface area contributed by atoms with Crippen LogP contribution in [-0.4, -0.2) is 26.6 Å². The number of carbonyl (C=O) groups is 1. The van der Waals surface area contributed by atoms with Crippen LogP contribution in [0.3, 0.4) is 0 Å². The van der Waals surface area contributed by atoms with Gasteiger partial charge in [0.2, 0.25) is 0 Å². The first-order valence-electron chi connectivity index (χ1n) is 2.57. The Morgan fingerprint density at radius 3 is 2.33 bits per heavy atom. The molecule has 0 fully saturated rings. The summed E-state index contributed by atoms with van der Waals surface area (Å²) < 4.78 is 47.2. The summed E-state index contributed by atoms with van der Waals surface area (Å²) in [6, 6.07) is 0. The minimum absolute atomic E-state index is 0. The average molecular weight is 210 g/mol. The van der Waals surface area contributed by atoms with Crippen molar-refractivity contribution < 1.29 is 56.6 Å². The molecule has 0 rings (SSSR count). The van der Waals surface area contributed by atoms with Gasteiger partial charge in [-0.05, 0) is 6.92 Å². The van der Waals surface area contributed by atoms with Crippen molar-refractivity contribution in [3.05, 3.63) is 0 Å². The smallest absolute Gasteiger partial charge is 0.767 e. The van der Waals surface area contributed by atoms with E-state index < -0.39 is 22.3 Å². The molecule has 4 nitrogen and oxygen atoms in total. The van der Waals surface area contributed by atoms with Gasteiger partial charge in [-0.25, -0.2) is 4.79 Å². The Kier molecular flexibility index (Phi) is 7.44. The molecular formula is C4H5F2NaO4S. The van der Waals surface area contributed by atoms with E-state index in [0.717, 1.165) is 0 Å². The number of alkyl halides is 2. The van der Waals surface area contributed by atoms with Crippen molar-refractivity contribution in [3.63, 3.8) is 0 Å². The van der Waals surface area contributed by atoms with E-state index in [1.807, 2.05) is 0 Å². The Morgan fingerprint density at radius 2 is 2.08 bits per heavy atom. The Balaban J connectivity index is 0. The van der Waals surface area contributed by atoms with E-state index in [1.165, 1.54) is 6.92 Å². The largest absolute Gasteiger partial charge is 1.00 e. The number of esters is 1. The van der Waals surface area contributed by atoms with Crippen LogP contribution in [0.2, 0.25) is 0 Å². The molecule has 0 aliphatic carbocycles. The molecule has 1 atom stereocenters. The summed E-state index contributed by atoms with van der Waals surface area (Å²) in [5.74, 6) is -2.05. The van der Waals surface area contributed by atoms with Crippen LogP contribution in [0.5, 0.6) is 0 Å². The molecule has 0 heterocycles. The summed E-state index contributed by atoms with van der Waals surface area (Å²) in [6.07, 6.45) is 0. The fourth-order valence-corrected chi connectivity index (χ4v) is 0.478. The van der Waals surface area contributed by atoms with Crippen molar-refractivity contribution in [2.45, 2.75) is 12.2 Å². The summed E-state index contributed by atoms with van der Waals surface area (Å²) >= 11 is -3.77. The summed E-state index contributed by atoms with van der Waals surface area (Å²) in [7, 11) is 0. The molecule has 0 aromatic heterocycles. The molecule has 0 saturated heterocycles. The summed E-state index contributed by atoms with van der Waals surface area (Å²) in [5, 5.41) is -4.43. The molecule has 66 valence electrons. The first-order valence-corrected chi connectivity index (χ1v) is 3.64. The number of carbonyl (C=O) groups excluding carboxylic acids is 1. The quantitative estimate of drug-likeness (QED) is 0.283. The average Bonchev–Trinajstić information content (AvgIpc) is 1.88. The van der Waals surface area contributed by atoms with Gasteiger partial charge in [0.1, 0.15) is 0 Å². The molecule has 0 saturated carbocycles. The Bertz CT molecular complexity index is 186. The molecule has 8 heteroatoms. The van der Waals surface area contributed by atoms with Crippen molar-refractivity contribution in [1.29, 1.82) is 0 Å². The van der Waals surface area contributed by atoms with Crippen LogP contribution >= 0.6 is 0 Å². The first kappa shape index (κ1) is 14.9. The van der Waals surface area contributed by atoms with Gasteiger partial charge in [-0.2, -0.15) is 8.78 Å². The van der Waals surface area contributed by atoms with E-state index in [-0.39, 0.29) is 36.2 Å². The van der Waals surface area contributed by atoms with Gasteiger partial charge in [-0.3, -0.25) is 4.21 Å². The van der Waals surface area contributed by atoms with Crippen LogP contribution in [0, 0.1) is 0 Å². The van der Waals surface area contributed by atoms with Gasteiger partial charge in [0.05, 0.1) is 6.61 Å². The maximum Gasteiger partial charge on any atom is 1.00 e. The maximum atomic E-state index is 12.0. The van der Waals surface area contributed by atoms with E-state index in [9.17, 15) is 22.3 Å². The minimum atomic E-state index is -4.43. The molecule has 0 spiro atoms. The molecule has 1 unspecified atom stereocenters. The standard InChI is InChI=1S/C4H6F2O4S.Na/c1-2-10-3(7)4(5,6)11(8)9;/h2H2,1H3,(H,8,9);/q;+1/p-1. The van der Waals surface area contributed by atoms with E-state index in [4.69, 9.17) is 0 Å². The maximum absolute atomic E-state index is 12.0. The van der Waals surface area contributed by atoms with Crippen molar-refractivity contribution in [2.75, 3.05) is 6.61 Å². The molecule has 0 aliphatic heterocycles. The minimum Gasteiger partial charge on any atom is -0.767 e. The molecular weight excluding hydrogens is 205 g/mol. The predicted octanol–water partition coefficient (Wildman–Crippen LogP) is -2.97. The van der Waals surface area contributed by atoms with Crippen molar-refractivity contribution in [1.82, 2.24) is 0 Å². The molecule has 0 aromatic carbocycles. The monoisotopic (exact) mass is 210 g/mol. The fraction of sp³-hybridized carbons (Fsp3) is 0.750. The van der Waals surface area contributed by atoms with Gasteiger partial charge in [-0.1, -0.05) is 0 Å². The zero-order valence-electron chi connectivity index (χ0n) is 6.50. The van der Waals surface area contributed by atoms with Gasteiger partial charge < -0.3 is 9.29 Å². The van der Waals surface area contributed by atoms with Crippen LogP contribution in [-0.2, 0) is 20.6 Å². The summed E-state index contributed by atoms with van der Waals surface area (Å²) in [6.45, 7) is 1.01. The van der Waals surface area contributed by atoms with E-state index >= 15 is 0 Å². The third-order valence-electron chi connectivity index (χ3n) is 0.722. The molecule has 0 aromatic rings. The second-order valence-electron chi connectivity index (χ2n) is 1.47. The van der Waals surface area contributed by atoms with Crippen LogP contribution < -0.4 is 29.6 Å². The number of hydrogen-bond acceptors (Lipinski definition) is 4. The number of rotatable bonds is 3. The molecule has 0 amide bonds. The Morgan fingerprint density at radius 1 is 1.67 bits per heavy atom. The third kappa shape index (κ3) is 3.90. The molecule has 0 aliphatic rings. The van der Waals surface area contributed by atoms with Crippen LogP contribution in [0.15, 0.2) is 0 Å². The SMILES string of the molecule is CCOC(=O)C(F)(F)S(=O)[O-].[Na+]. The van der Waals surface area contributed by atoms with Crippen molar-refractivity contribution in [3.8, 4) is 0 Å². The zero-order chi connectivity index (χ0) is 9.07. The topological polar surface area (TPSA) is 66.4 Å². The normalized spacial score (nSPS) is 13.0. The third-order valence-corrected chi connectivity index (χ3v) is 1.31. The van der Waals surface area contributed by atoms with Gasteiger partial charge in [0.15, 0.2) is 0 Å². The predicted molar refractivity (Wildman–Crippen MR) is 30.5 cm³/mol. The van der Waals surface area contributed by atoms with E-state index in [1.54, 1.807) is 0 Å². The van der Waals surface area contributed by atoms with Crippen molar-refractivity contribution >= 4 is 17.0 Å². The van der Waals surface area contributed by atoms with E-state index in [0.29, 0.717) is 0 Å². The van der Waals surface area contributed by atoms with Crippen molar-refractivity contribution in [2.24, 2.45) is 0 Å². The molecule has 0 N–H and O–H groups in total. The van der Waals surface area contributed by atoms with Crippen LogP contribution in [0.4, 0.5) is 8.78 Å². The van der Waals surface area contributed by atoms with Gasteiger partial charge in [0.25, 0.3) is 0 Å². The number of ether oxygens (including phenoxy) is 1. The second-order valence-corrected chi connectivity index (χ2v) is 2.45. The van der Waals surface area contributed by atoms with Gasteiger partial charge >= 0.3 is 40.8 Å². The van der Waals surface area contributed by atoms with Crippen LogP contribution in [0.1, 0.15) is 6.92 Å². The molecule has 0 radical (unpaired) electrons. The van der Waals surface area contributed by atoms with E-state index in [2.05, 4.69) is 4.74 Å². The Hall–Kier alpha value is 0.440. The Labute approximate surface area is 92.2 Å². The fourth-order valence-electron chi connectivity index (χ4n) is 0.283. The van der Waals surface area contributed by atoms with Crippen LogP contribution in [0.25, 0.3) is 0 Å². The zero-order valence-corrected chi connectivity index (χ0v) is 9.32. The van der Waals surface area contributed by atoms with Gasteiger partial charge in [0, 0.05) is 11.1 Å². The summed E-state index contributed by atoms with van der Waals surface area (Å²) in [5.41, 5.74) is 0. The molecule has 12 heavy (non-hydrogen) atoms. The number of halogens is 2. The second kappa shape index (κ2) is 5.98. The molecule has 0 bridgehead atoms. The summed E-state index contributed by atoms with van der Waals surface area (Å²) in [4.78, 5) is 10.1.